The minimum Gasteiger partial charge on any atom is -0.493 e. The predicted molar refractivity (Wildman–Crippen MR) is 129 cm³/mol. The molecule has 1 amide bonds. The Hall–Kier alpha value is -3.10. The zero-order valence-corrected chi connectivity index (χ0v) is 20.1. The van der Waals surface area contributed by atoms with Crippen LogP contribution in [0.25, 0.3) is 11.4 Å². The van der Waals surface area contributed by atoms with E-state index < -0.39 is 0 Å². The number of rotatable bonds is 9. The van der Waals surface area contributed by atoms with Gasteiger partial charge in [0.25, 0.3) is 0 Å². The van der Waals surface area contributed by atoms with Crippen molar-refractivity contribution in [2.75, 3.05) is 26.8 Å². The number of nitrogens with one attached hydrogen (secondary N) is 1. The van der Waals surface area contributed by atoms with E-state index in [-0.39, 0.29) is 17.9 Å². The number of halogens is 1. The van der Waals surface area contributed by atoms with Gasteiger partial charge in [-0.25, -0.2) is 0 Å². The third-order valence-electron chi connectivity index (χ3n) is 5.73. The van der Waals surface area contributed by atoms with E-state index in [4.69, 9.17) is 25.6 Å². The average Bonchev–Trinajstić information content (AvgIpc) is 3.31. The highest BCUT2D eigenvalue weighted by molar-refractivity contribution is 6.30. The number of likely N-dealkylation sites (tertiary alicyclic amines) is 1. The molecule has 180 valence electrons. The van der Waals surface area contributed by atoms with E-state index in [1.54, 1.807) is 19.2 Å². The normalized spacial score (nSPS) is 17.2. The fraction of sp³-hybridized carbons (Fsp3) is 0.400. The van der Waals surface area contributed by atoms with Crippen LogP contribution < -0.4 is 14.8 Å². The molecule has 1 N–H and O–H groups in total. The SMILES string of the molecule is COc1ccccc1OCC(C)NC(=O)C1CCCN(Cc2nc(-c3cccc(Cl)c3)no2)C1. The molecule has 2 aromatic carbocycles. The van der Waals surface area contributed by atoms with Gasteiger partial charge in [0.15, 0.2) is 11.5 Å². The molecule has 0 radical (unpaired) electrons. The number of para-hydroxylation sites is 2. The van der Waals surface area contributed by atoms with E-state index >= 15 is 0 Å². The largest absolute Gasteiger partial charge is 0.493 e. The van der Waals surface area contributed by atoms with Crippen LogP contribution in [-0.2, 0) is 11.3 Å². The Morgan fingerprint density at radius 3 is 2.88 bits per heavy atom. The standard InChI is InChI=1S/C25H29ClN4O4/c1-17(16-33-22-11-4-3-10-21(22)32-2)27-25(31)19-8-6-12-30(14-19)15-23-28-24(29-34-23)18-7-5-9-20(26)13-18/h3-5,7,9-11,13,17,19H,6,8,12,14-16H2,1-2H3,(H,27,31). The number of methoxy groups -OCH3 is 1. The topological polar surface area (TPSA) is 89.7 Å². The van der Waals surface area contributed by atoms with Gasteiger partial charge in [0.2, 0.25) is 17.6 Å². The molecule has 0 aliphatic carbocycles. The molecule has 0 spiro atoms. The molecule has 0 saturated carbocycles. The highest BCUT2D eigenvalue weighted by Crippen LogP contribution is 2.26. The summed E-state index contributed by atoms with van der Waals surface area (Å²) < 4.78 is 16.6. The van der Waals surface area contributed by atoms with Crippen molar-refractivity contribution in [1.29, 1.82) is 0 Å². The molecular formula is C25H29ClN4O4. The summed E-state index contributed by atoms with van der Waals surface area (Å²) in [7, 11) is 1.61. The minimum absolute atomic E-state index is 0.0333. The van der Waals surface area contributed by atoms with Gasteiger partial charge in [-0.05, 0) is 50.6 Å². The van der Waals surface area contributed by atoms with Gasteiger partial charge >= 0.3 is 0 Å². The van der Waals surface area contributed by atoms with Crippen LogP contribution in [0.1, 0.15) is 25.7 Å². The molecule has 2 heterocycles. The lowest BCUT2D eigenvalue weighted by atomic mass is 9.97. The fourth-order valence-corrected chi connectivity index (χ4v) is 4.21. The lowest BCUT2D eigenvalue weighted by Crippen LogP contribution is -2.46. The molecule has 2 atom stereocenters. The summed E-state index contributed by atoms with van der Waals surface area (Å²) in [4.78, 5) is 19.6. The molecule has 3 aromatic rings. The summed E-state index contributed by atoms with van der Waals surface area (Å²) in [5.74, 6) is 2.29. The number of benzene rings is 2. The number of carbonyl (C=O) groups excluding carboxylic acids is 1. The Kier molecular flexibility index (Phi) is 8.03. The lowest BCUT2D eigenvalue weighted by molar-refractivity contribution is -0.127. The van der Waals surface area contributed by atoms with E-state index in [0.717, 1.165) is 24.9 Å². The quantitative estimate of drug-likeness (QED) is 0.487. The first-order chi connectivity index (χ1) is 16.5. The second-order valence-electron chi connectivity index (χ2n) is 8.47. The van der Waals surface area contributed by atoms with Crippen molar-refractivity contribution in [1.82, 2.24) is 20.4 Å². The van der Waals surface area contributed by atoms with Crippen LogP contribution in [0.3, 0.4) is 0 Å². The van der Waals surface area contributed by atoms with Gasteiger partial charge in [0.05, 0.1) is 25.6 Å². The monoisotopic (exact) mass is 484 g/mol. The third-order valence-corrected chi connectivity index (χ3v) is 5.97. The third kappa shape index (κ3) is 6.27. The second-order valence-corrected chi connectivity index (χ2v) is 8.90. The molecule has 2 unspecified atom stereocenters. The van der Waals surface area contributed by atoms with Crippen LogP contribution in [-0.4, -0.2) is 53.8 Å². The summed E-state index contributed by atoms with van der Waals surface area (Å²) in [5, 5.41) is 7.77. The van der Waals surface area contributed by atoms with Gasteiger partial charge < -0.3 is 19.3 Å². The van der Waals surface area contributed by atoms with E-state index in [9.17, 15) is 4.79 Å². The van der Waals surface area contributed by atoms with E-state index in [1.165, 1.54) is 0 Å². The molecule has 1 saturated heterocycles. The molecule has 1 aliphatic heterocycles. The van der Waals surface area contributed by atoms with Crippen molar-refractivity contribution >= 4 is 17.5 Å². The molecule has 8 nitrogen and oxygen atoms in total. The van der Waals surface area contributed by atoms with Gasteiger partial charge in [0, 0.05) is 17.1 Å². The number of hydrogen-bond acceptors (Lipinski definition) is 7. The number of nitrogens with zero attached hydrogens (tertiary/aromatic N) is 3. The number of piperidine rings is 1. The van der Waals surface area contributed by atoms with Crippen molar-refractivity contribution in [3.05, 3.63) is 59.4 Å². The smallest absolute Gasteiger partial charge is 0.241 e. The Morgan fingerprint density at radius 1 is 1.26 bits per heavy atom. The van der Waals surface area contributed by atoms with Crippen LogP contribution in [0.4, 0.5) is 0 Å². The van der Waals surface area contributed by atoms with Gasteiger partial charge in [-0.1, -0.05) is 41.0 Å². The molecule has 4 rings (SSSR count). The Bertz CT molecular complexity index is 1110. The number of ether oxygens (including phenoxy) is 2. The zero-order valence-electron chi connectivity index (χ0n) is 19.4. The maximum absolute atomic E-state index is 12.9. The predicted octanol–water partition coefficient (Wildman–Crippen LogP) is 4.19. The van der Waals surface area contributed by atoms with Crippen LogP contribution in [0, 0.1) is 5.92 Å². The Labute approximate surface area is 204 Å². The maximum Gasteiger partial charge on any atom is 0.241 e. The van der Waals surface area contributed by atoms with E-state index in [2.05, 4.69) is 20.4 Å². The van der Waals surface area contributed by atoms with Crippen LogP contribution >= 0.6 is 11.6 Å². The van der Waals surface area contributed by atoms with Crippen molar-refractivity contribution in [3.8, 4) is 22.9 Å². The number of aromatic nitrogens is 2. The summed E-state index contributed by atoms with van der Waals surface area (Å²) in [6, 6.07) is 14.7. The zero-order chi connectivity index (χ0) is 23.9. The maximum atomic E-state index is 12.9. The molecule has 0 bridgehead atoms. The van der Waals surface area contributed by atoms with Crippen molar-refractivity contribution in [2.24, 2.45) is 5.92 Å². The van der Waals surface area contributed by atoms with E-state index in [0.29, 0.717) is 47.9 Å². The van der Waals surface area contributed by atoms with Crippen molar-refractivity contribution < 1.29 is 18.8 Å². The van der Waals surface area contributed by atoms with E-state index in [1.807, 2.05) is 43.3 Å². The average molecular weight is 485 g/mol. The number of carbonyl (C=O) groups is 1. The summed E-state index contributed by atoms with van der Waals surface area (Å²) in [6.45, 7) is 4.32. The summed E-state index contributed by atoms with van der Waals surface area (Å²) >= 11 is 6.06. The molecule has 9 heteroatoms. The van der Waals surface area contributed by atoms with Crippen molar-refractivity contribution in [2.45, 2.75) is 32.4 Å². The van der Waals surface area contributed by atoms with Gasteiger partial charge in [-0.15, -0.1) is 0 Å². The van der Waals surface area contributed by atoms with Gasteiger partial charge in [0.1, 0.15) is 6.61 Å². The lowest BCUT2D eigenvalue weighted by Gasteiger charge is -2.31. The first kappa shape index (κ1) is 24.0. The highest BCUT2D eigenvalue weighted by atomic mass is 35.5. The minimum atomic E-state index is -0.135. The molecular weight excluding hydrogens is 456 g/mol. The molecule has 1 aliphatic rings. The van der Waals surface area contributed by atoms with Gasteiger partial charge in [-0.3, -0.25) is 9.69 Å². The van der Waals surface area contributed by atoms with Gasteiger partial charge in [-0.2, -0.15) is 4.98 Å². The fourth-order valence-electron chi connectivity index (χ4n) is 4.02. The van der Waals surface area contributed by atoms with Crippen molar-refractivity contribution in [3.63, 3.8) is 0 Å². The molecule has 1 aromatic heterocycles. The summed E-state index contributed by atoms with van der Waals surface area (Å²) in [5.41, 5.74) is 0.808. The first-order valence-electron chi connectivity index (χ1n) is 11.4. The molecule has 34 heavy (non-hydrogen) atoms. The molecule has 1 fully saturated rings. The Balaban J connectivity index is 1.27. The Morgan fingerprint density at radius 2 is 2.09 bits per heavy atom. The highest BCUT2D eigenvalue weighted by Gasteiger charge is 2.27. The van der Waals surface area contributed by atoms with Crippen LogP contribution in [0.2, 0.25) is 5.02 Å². The number of amides is 1. The number of hydrogen-bond donors (Lipinski definition) is 1. The second kappa shape index (κ2) is 11.4. The summed E-state index contributed by atoms with van der Waals surface area (Å²) in [6.07, 6.45) is 1.78. The first-order valence-corrected chi connectivity index (χ1v) is 11.8. The van der Waals surface area contributed by atoms with Crippen LogP contribution in [0.15, 0.2) is 53.1 Å². The van der Waals surface area contributed by atoms with Crippen LogP contribution in [0.5, 0.6) is 11.5 Å².